The van der Waals surface area contributed by atoms with Crippen molar-refractivity contribution >= 4 is 29.2 Å². The highest BCUT2D eigenvalue weighted by atomic mass is 35.5. The van der Waals surface area contributed by atoms with Crippen molar-refractivity contribution < 1.29 is 14.7 Å². The van der Waals surface area contributed by atoms with Gasteiger partial charge < -0.3 is 10.4 Å². The Labute approximate surface area is 132 Å². The van der Waals surface area contributed by atoms with Crippen LogP contribution in [0, 0.1) is 0 Å². The van der Waals surface area contributed by atoms with Gasteiger partial charge >= 0.3 is 5.97 Å². The molecule has 0 spiro atoms. The largest absolute Gasteiger partial charge is 0.479 e. The van der Waals surface area contributed by atoms with Gasteiger partial charge in [0.25, 0.3) is 0 Å². The van der Waals surface area contributed by atoms with E-state index in [-0.39, 0.29) is 12.3 Å². The summed E-state index contributed by atoms with van der Waals surface area (Å²) in [4.78, 5) is 23.1. The first-order valence-corrected chi connectivity index (χ1v) is 6.99. The molecule has 0 saturated heterocycles. The normalized spacial score (nSPS) is 11.2. The van der Waals surface area contributed by atoms with Crippen LogP contribution >= 0.6 is 11.6 Å². The van der Waals surface area contributed by atoms with E-state index < -0.39 is 11.5 Å². The molecule has 2 rings (SSSR count). The van der Waals surface area contributed by atoms with Crippen molar-refractivity contribution in [3.05, 3.63) is 47.2 Å². The average molecular weight is 322 g/mol. The Balaban J connectivity index is 2.04. The van der Waals surface area contributed by atoms with Gasteiger partial charge in [-0.25, -0.2) is 4.79 Å². The molecule has 1 aromatic carbocycles. The number of hydrogen-bond donors (Lipinski definition) is 2. The van der Waals surface area contributed by atoms with E-state index in [1.54, 1.807) is 18.2 Å². The Morgan fingerprint density at radius 1 is 1.41 bits per heavy atom. The number of carbonyl (C=O) groups is 2. The van der Waals surface area contributed by atoms with Crippen molar-refractivity contribution in [3.8, 4) is 0 Å². The first kappa shape index (κ1) is 16.0. The van der Waals surface area contributed by atoms with Crippen LogP contribution in [-0.2, 0) is 21.5 Å². The zero-order valence-corrected chi connectivity index (χ0v) is 13.0. The molecule has 0 saturated carbocycles. The lowest BCUT2D eigenvalue weighted by molar-refractivity contribution is -0.146. The lowest BCUT2D eigenvalue weighted by Gasteiger charge is -2.19. The van der Waals surface area contributed by atoms with Crippen molar-refractivity contribution in [1.82, 2.24) is 9.78 Å². The highest BCUT2D eigenvalue weighted by molar-refractivity contribution is 6.30. The maximum absolute atomic E-state index is 12.0. The summed E-state index contributed by atoms with van der Waals surface area (Å²) in [6.45, 7) is 3.06. The van der Waals surface area contributed by atoms with E-state index in [1.165, 1.54) is 30.9 Å². The predicted molar refractivity (Wildman–Crippen MR) is 83.0 cm³/mol. The molecule has 2 N–H and O–H groups in total. The van der Waals surface area contributed by atoms with Crippen molar-refractivity contribution in [2.75, 3.05) is 5.32 Å². The summed E-state index contributed by atoms with van der Waals surface area (Å²) >= 11 is 5.87. The first-order valence-electron chi connectivity index (χ1n) is 6.62. The van der Waals surface area contributed by atoms with Crippen molar-refractivity contribution in [1.29, 1.82) is 0 Å². The Kier molecular flexibility index (Phi) is 4.51. The number of rotatable bonds is 5. The smallest absolute Gasteiger partial charge is 0.331 e. The summed E-state index contributed by atoms with van der Waals surface area (Å²) in [6.07, 6.45) is 3.08. The molecule has 6 nitrogen and oxygen atoms in total. The minimum atomic E-state index is -1.18. The number of aromatic nitrogens is 2. The number of nitrogens with zero attached hydrogens (tertiary/aromatic N) is 2. The fourth-order valence-electron chi connectivity index (χ4n) is 1.83. The van der Waals surface area contributed by atoms with Gasteiger partial charge in [-0.1, -0.05) is 23.7 Å². The summed E-state index contributed by atoms with van der Waals surface area (Å²) < 4.78 is 1.30. The van der Waals surface area contributed by atoms with E-state index in [0.29, 0.717) is 10.7 Å². The van der Waals surface area contributed by atoms with Gasteiger partial charge in [0.15, 0.2) is 5.54 Å². The highest BCUT2D eigenvalue weighted by Gasteiger charge is 2.30. The third kappa shape index (κ3) is 3.65. The molecule has 0 aliphatic carbocycles. The number of aliphatic carboxylic acids is 1. The number of carboxylic acid groups (broad SMARTS) is 1. The van der Waals surface area contributed by atoms with Crippen LogP contribution in [0.1, 0.15) is 19.4 Å². The fraction of sp³-hybridized carbons (Fsp3) is 0.267. The molecular formula is C15H16ClN3O3. The van der Waals surface area contributed by atoms with Gasteiger partial charge in [-0.2, -0.15) is 5.10 Å². The number of halogens is 1. The van der Waals surface area contributed by atoms with Gasteiger partial charge in [-0.3, -0.25) is 9.48 Å². The van der Waals surface area contributed by atoms with Gasteiger partial charge in [-0.05, 0) is 31.5 Å². The Bertz CT molecular complexity index is 710. The number of hydrogen-bond acceptors (Lipinski definition) is 3. The highest BCUT2D eigenvalue weighted by Crippen LogP contribution is 2.18. The second-order valence-electron chi connectivity index (χ2n) is 5.39. The Morgan fingerprint density at radius 2 is 2.14 bits per heavy atom. The van der Waals surface area contributed by atoms with Gasteiger partial charge in [0.2, 0.25) is 5.91 Å². The number of benzene rings is 1. The molecule has 1 aromatic heterocycles. The number of amides is 1. The van der Waals surface area contributed by atoms with Crippen LogP contribution in [-0.4, -0.2) is 26.8 Å². The fourth-order valence-corrected chi connectivity index (χ4v) is 2.04. The molecule has 0 aliphatic heterocycles. The maximum Gasteiger partial charge on any atom is 0.331 e. The SMILES string of the molecule is CC(C)(C(=O)O)n1cc(NC(=O)Cc2cccc(Cl)c2)cn1. The molecule has 0 aliphatic rings. The molecule has 0 radical (unpaired) electrons. The monoisotopic (exact) mass is 321 g/mol. The Morgan fingerprint density at radius 3 is 2.77 bits per heavy atom. The summed E-state index contributed by atoms with van der Waals surface area (Å²) in [5, 5.41) is 16.4. The van der Waals surface area contributed by atoms with Crippen LogP contribution in [0.3, 0.4) is 0 Å². The number of nitrogens with one attached hydrogen (secondary N) is 1. The lowest BCUT2D eigenvalue weighted by Crippen LogP contribution is -2.35. The minimum Gasteiger partial charge on any atom is -0.479 e. The molecule has 1 amide bonds. The third-order valence-corrected chi connectivity index (χ3v) is 3.45. The molecule has 0 bridgehead atoms. The summed E-state index contributed by atoms with van der Waals surface area (Å²) in [7, 11) is 0. The van der Waals surface area contributed by atoms with E-state index in [0.717, 1.165) is 5.56 Å². The predicted octanol–water partition coefficient (Wildman–Crippen LogP) is 2.54. The van der Waals surface area contributed by atoms with E-state index in [4.69, 9.17) is 16.7 Å². The summed E-state index contributed by atoms with van der Waals surface area (Å²) in [6, 6.07) is 7.04. The molecule has 22 heavy (non-hydrogen) atoms. The minimum absolute atomic E-state index is 0.175. The quantitative estimate of drug-likeness (QED) is 0.886. The average Bonchev–Trinajstić information content (AvgIpc) is 2.87. The molecule has 2 aromatic rings. The molecule has 0 unspecified atom stereocenters. The number of carboxylic acids is 1. The van der Waals surface area contributed by atoms with Crippen LogP contribution in [0.2, 0.25) is 5.02 Å². The first-order chi connectivity index (χ1) is 10.3. The Hall–Kier alpha value is -2.34. The van der Waals surface area contributed by atoms with Gasteiger partial charge in [0.05, 0.1) is 18.3 Å². The number of anilines is 1. The van der Waals surface area contributed by atoms with E-state index >= 15 is 0 Å². The van der Waals surface area contributed by atoms with Crippen molar-refractivity contribution in [2.45, 2.75) is 25.8 Å². The van der Waals surface area contributed by atoms with Crippen molar-refractivity contribution in [3.63, 3.8) is 0 Å². The standard InChI is InChI=1S/C15H16ClN3O3/c1-15(2,14(21)22)19-9-12(8-17-19)18-13(20)7-10-4-3-5-11(16)6-10/h3-6,8-9H,7H2,1-2H3,(H,18,20)(H,21,22). The number of carbonyl (C=O) groups excluding carboxylic acids is 1. The lowest BCUT2D eigenvalue weighted by atomic mass is 10.1. The molecule has 1 heterocycles. The molecule has 7 heteroatoms. The van der Waals surface area contributed by atoms with Crippen LogP contribution in [0.15, 0.2) is 36.7 Å². The molecular weight excluding hydrogens is 306 g/mol. The third-order valence-electron chi connectivity index (χ3n) is 3.22. The van der Waals surface area contributed by atoms with Gasteiger partial charge in [-0.15, -0.1) is 0 Å². The van der Waals surface area contributed by atoms with Crippen LogP contribution in [0.25, 0.3) is 0 Å². The molecule has 0 fully saturated rings. The second-order valence-corrected chi connectivity index (χ2v) is 5.83. The van der Waals surface area contributed by atoms with Crippen LogP contribution in [0.5, 0.6) is 0 Å². The van der Waals surface area contributed by atoms with Crippen LogP contribution in [0.4, 0.5) is 5.69 Å². The maximum atomic E-state index is 12.0. The van der Waals surface area contributed by atoms with E-state index in [2.05, 4.69) is 10.4 Å². The van der Waals surface area contributed by atoms with Gasteiger partial charge in [0.1, 0.15) is 0 Å². The topological polar surface area (TPSA) is 84.2 Å². The second kappa shape index (κ2) is 6.19. The zero-order valence-electron chi connectivity index (χ0n) is 12.2. The summed E-state index contributed by atoms with van der Waals surface area (Å²) in [5.41, 5.74) is 0.0558. The van der Waals surface area contributed by atoms with Crippen LogP contribution < -0.4 is 5.32 Å². The zero-order chi connectivity index (χ0) is 16.3. The summed E-state index contributed by atoms with van der Waals surface area (Å²) in [5.74, 6) is -1.23. The molecule has 116 valence electrons. The van der Waals surface area contributed by atoms with E-state index in [1.807, 2.05) is 6.07 Å². The molecule has 0 atom stereocenters. The van der Waals surface area contributed by atoms with E-state index in [9.17, 15) is 9.59 Å². The van der Waals surface area contributed by atoms with Gasteiger partial charge in [0, 0.05) is 11.2 Å². The van der Waals surface area contributed by atoms with Crippen molar-refractivity contribution in [2.24, 2.45) is 0 Å².